The Morgan fingerprint density at radius 1 is 1.38 bits per heavy atom. The summed E-state index contributed by atoms with van der Waals surface area (Å²) in [5.74, 6) is 4.79. The van der Waals surface area contributed by atoms with Crippen LogP contribution in [0.2, 0.25) is 0 Å². The van der Waals surface area contributed by atoms with Gasteiger partial charge in [-0.05, 0) is 19.1 Å². The summed E-state index contributed by atoms with van der Waals surface area (Å²) in [6, 6.07) is 4.87. The first kappa shape index (κ1) is 23.2. The van der Waals surface area contributed by atoms with Crippen molar-refractivity contribution in [3.05, 3.63) is 34.4 Å². The second-order valence-electron chi connectivity index (χ2n) is 3.55. The van der Waals surface area contributed by atoms with Crippen molar-refractivity contribution in [2.75, 3.05) is 11.6 Å². The number of anilines is 1. The van der Waals surface area contributed by atoms with Gasteiger partial charge in [0.1, 0.15) is 0 Å². The average molecular weight is 365 g/mol. The van der Waals surface area contributed by atoms with Crippen LogP contribution >= 0.6 is 11.6 Å². The molecule has 0 fully saturated rings. The number of hydrogen-bond acceptors (Lipinski definition) is 7. The van der Waals surface area contributed by atoms with Crippen molar-refractivity contribution < 1.29 is 24.4 Å². The topological polar surface area (TPSA) is 212 Å². The Balaban J connectivity index is 0. The molecule has 0 aromatic heterocycles. The normalized spacial score (nSPS) is 8.46. The number of amides is 1. The number of rotatable bonds is 3. The molecule has 0 aliphatic carbocycles. The van der Waals surface area contributed by atoms with E-state index in [0.29, 0.717) is 11.6 Å². The third kappa shape index (κ3) is 12.6. The van der Waals surface area contributed by atoms with Crippen LogP contribution in [-0.4, -0.2) is 34.1 Å². The van der Waals surface area contributed by atoms with Crippen molar-refractivity contribution in [1.82, 2.24) is 0 Å². The molecule has 0 saturated heterocycles. The van der Waals surface area contributed by atoms with Crippen molar-refractivity contribution in [1.29, 1.82) is 5.41 Å². The van der Waals surface area contributed by atoms with E-state index in [1.807, 2.05) is 0 Å². The number of hydrazine groups is 1. The van der Waals surface area contributed by atoms with Crippen molar-refractivity contribution in [2.24, 2.45) is 17.3 Å². The van der Waals surface area contributed by atoms with E-state index >= 15 is 0 Å². The summed E-state index contributed by atoms with van der Waals surface area (Å²) >= 11 is 4.72. The third-order valence-electron chi connectivity index (χ3n) is 1.80. The number of nitrogens with one attached hydrogen (secondary N) is 1. The Morgan fingerprint density at radius 2 is 1.79 bits per heavy atom. The maximum absolute atomic E-state index is 10.4. The number of carboxylic acid groups (broad SMARTS) is 1. The van der Waals surface area contributed by atoms with Gasteiger partial charge in [0.25, 0.3) is 5.69 Å². The zero-order valence-electron chi connectivity index (χ0n) is 12.5. The summed E-state index contributed by atoms with van der Waals surface area (Å²) in [6.07, 6.45) is -1.33. The molecule has 0 atom stereocenters. The predicted molar refractivity (Wildman–Crippen MR) is 86.8 cm³/mol. The van der Waals surface area contributed by atoms with E-state index in [1.165, 1.54) is 24.3 Å². The molecule has 1 rings (SSSR count). The molecular weight excluding hydrogens is 348 g/mol. The highest BCUT2D eigenvalue weighted by Gasteiger charge is 2.11. The molecular formula is C11H17ClN6O6. The van der Waals surface area contributed by atoms with Crippen molar-refractivity contribution in [2.45, 2.75) is 6.92 Å². The predicted octanol–water partition coefficient (Wildman–Crippen LogP) is 1.17. The number of benzene rings is 1. The molecule has 0 aliphatic rings. The number of nitrogens with two attached hydrogens (primary N) is 3. The van der Waals surface area contributed by atoms with Gasteiger partial charge in [-0.3, -0.25) is 15.5 Å². The highest BCUT2D eigenvalue weighted by molar-refractivity contribution is 6.61. The summed E-state index contributed by atoms with van der Waals surface area (Å²) < 4.78 is 4.17. The molecule has 0 unspecified atom stereocenters. The van der Waals surface area contributed by atoms with Crippen LogP contribution in [0, 0.1) is 15.5 Å². The van der Waals surface area contributed by atoms with Crippen LogP contribution in [0.3, 0.4) is 0 Å². The second-order valence-corrected chi connectivity index (χ2v) is 3.86. The fourth-order valence-corrected chi connectivity index (χ4v) is 1.07. The molecule has 1 amide bonds. The van der Waals surface area contributed by atoms with Gasteiger partial charge in [-0.1, -0.05) is 0 Å². The van der Waals surface area contributed by atoms with Gasteiger partial charge in [-0.15, -0.1) is 0 Å². The number of nitrogens with zero attached hydrogens (tertiary/aromatic N) is 2. The molecule has 0 saturated carbocycles. The van der Waals surface area contributed by atoms with Gasteiger partial charge >= 0.3 is 11.5 Å². The number of carbonyl (C=O) groups excluding carboxylic acids is 1. The number of guanidine groups is 1. The van der Waals surface area contributed by atoms with Crippen LogP contribution in [0.15, 0.2) is 24.3 Å². The van der Waals surface area contributed by atoms with Crippen molar-refractivity contribution in [3.63, 3.8) is 0 Å². The monoisotopic (exact) mass is 364 g/mol. The molecule has 24 heavy (non-hydrogen) atoms. The Kier molecular flexibility index (Phi) is 12.0. The van der Waals surface area contributed by atoms with Crippen LogP contribution in [0.25, 0.3) is 0 Å². The van der Waals surface area contributed by atoms with E-state index in [0.717, 1.165) is 0 Å². The lowest BCUT2D eigenvalue weighted by atomic mass is 10.3. The zero-order chi connectivity index (χ0) is 19.3. The highest BCUT2D eigenvalue weighted by Crippen LogP contribution is 2.17. The first-order chi connectivity index (χ1) is 11.0. The Morgan fingerprint density at radius 3 is 2.00 bits per heavy atom. The summed E-state index contributed by atoms with van der Waals surface area (Å²) in [4.78, 5) is 29.7. The number of non-ortho nitro benzene ring substituents is 1. The smallest absolute Gasteiger partial charge is 0.426 e. The summed E-state index contributed by atoms with van der Waals surface area (Å²) in [7, 11) is 0. The lowest BCUT2D eigenvalue weighted by Crippen LogP contribution is -2.35. The van der Waals surface area contributed by atoms with Gasteiger partial charge in [-0.25, -0.2) is 20.4 Å². The van der Waals surface area contributed by atoms with E-state index in [1.54, 1.807) is 6.92 Å². The van der Waals surface area contributed by atoms with Crippen LogP contribution in [0.5, 0.6) is 0 Å². The van der Waals surface area contributed by atoms with Crippen molar-refractivity contribution in [3.8, 4) is 0 Å². The van der Waals surface area contributed by atoms with Crippen LogP contribution < -0.4 is 22.3 Å². The standard InChI is InChI=1S/C7H7N3O4.C3H5ClO2.CH5N3/c8-9(7(11)12)5-1-3-6(4-2-5)10(13)14;1-2-6-3(4)5;2-1(3)4/h1-4H,8H2,(H,11,12);2H2,1H3;(H5,2,3,4). The number of nitro groups is 1. The first-order valence-corrected chi connectivity index (χ1v) is 6.34. The molecule has 1 aromatic rings. The lowest BCUT2D eigenvalue weighted by molar-refractivity contribution is -0.384. The van der Waals surface area contributed by atoms with E-state index < -0.39 is 16.4 Å². The molecule has 1 aromatic carbocycles. The number of ether oxygens (including phenoxy) is 1. The molecule has 0 radical (unpaired) electrons. The average Bonchev–Trinajstić information content (AvgIpc) is 2.46. The molecule has 12 nitrogen and oxygen atoms in total. The van der Waals surface area contributed by atoms with Gasteiger partial charge in [0.2, 0.25) is 0 Å². The lowest BCUT2D eigenvalue weighted by Gasteiger charge is -2.11. The quantitative estimate of drug-likeness (QED) is 0.0987. The Hall–Kier alpha value is -3.12. The van der Waals surface area contributed by atoms with Gasteiger partial charge in [0, 0.05) is 23.7 Å². The highest BCUT2D eigenvalue weighted by atomic mass is 35.5. The van der Waals surface area contributed by atoms with Crippen LogP contribution in [-0.2, 0) is 4.74 Å². The molecule has 134 valence electrons. The first-order valence-electron chi connectivity index (χ1n) is 5.96. The molecule has 13 heteroatoms. The van der Waals surface area contributed by atoms with Gasteiger partial charge in [0.05, 0.1) is 17.2 Å². The van der Waals surface area contributed by atoms with Gasteiger partial charge in [-0.2, -0.15) is 0 Å². The summed E-state index contributed by atoms with van der Waals surface area (Å²) in [6.45, 7) is 2.04. The van der Waals surface area contributed by atoms with E-state index in [2.05, 4.69) is 16.2 Å². The third-order valence-corrected chi connectivity index (χ3v) is 1.91. The summed E-state index contributed by atoms with van der Waals surface area (Å²) in [5, 5.41) is 25.3. The van der Waals surface area contributed by atoms with Gasteiger partial charge in [0.15, 0.2) is 5.96 Å². The van der Waals surface area contributed by atoms with Gasteiger partial charge < -0.3 is 21.3 Å². The fraction of sp³-hybridized carbons (Fsp3) is 0.182. The van der Waals surface area contributed by atoms with E-state index in [-0.39, 0.29) is 17.3 Å². The minimum absolute atomic E-state index is 0.118. The SMILES string of the molecule is CCOC(=O)Cl.N=C(N)N.NN(C(=O)O)c1ccc([N+](=O)[O-])cc1. The minimum Gasteiger partial charge on any atom is -0.464 e. The Labute approximate surface area is 141 Å². The number of hydrogen-bond donors (Lipinski definition) is 5. The number of halogens is 1. The maximum atomic E-state index is 10.4. The van der Waals surface area contributed by atoms with Crippen LogP contribution in [0.1, 0.15) is 6.92 Å². The maximum Gasteiger partial charge on any atom is 0.426 e. The number of nitro benzene ring substituents is 1. The second kappa shape index (κ2) is 12.4. The molecule has 0 aliphatic heterocycles. The largest absolute Gasteiger partial charge is 0.464 e. The Bertz CT molecular complexity index is 563. The molecule has 0 heterocycles. The molecule has 8 N–H and O–H groups in total. The minimum atomic E-state index is -1.33. The molecule has 0 bridgehead atoms. The zero-order valence-corrected chi connectivity index (χ0v) is 13.3. The number of carbonyl (C=O) groups is 2. The van der Waals surface area contributed by atoms with Crippen LogP contribution in [0.4, 0.5) is 21.0 Å². The molecule has 0 spiro atoms. The van der Waals surface area contributed by atoms with E-state index in [9.17, 15) is 19.7 Å². The fourth-order valence-electron chi connectivity index (χ4n) is 0.959. The van der Waals surface area contributed by atoms with E-state index in [4.69, 9.17) is 28.0 Å². The van der Waals surface area contributed by atoms with Crippen molar-refractivity contribution >= 4 is 40.5 Å². The summed E-state index contributed by atoms with van der Waals surface area (Å²) in [5.41, 5.74) is 8.26.